The topological polar surface area (TPSA) is 82.5 Å². The minimum atomic E-state index is -4.77. The van der Waals surface area contributed by atoms with Crippen LogP contribution in [0, 0.1) is 12.3 Å². The Morgan fingerprint density at radius 3 is 2.75 bits per heavy atom. The van der Waals surface area contributed by atoms with E-state index in [1.807, 2.05) is 0 Å². The average molecular weight is 336 g/mol. The second-order valence-electron chi connectivity index (χ2n) is 4.42. The highest BCUT2D eigenvalue weighted by atomic mass is 19.4. The fourth-order valence-corrected chi connectivity index (χ4v) is 1.71. The number of nitrogens with two attached hydrogens (primary N) is 1. The van der Waals surface area contributed by atoms with Gasteiger partial charge >= 0.3 is 6.18 Å². The van der Waals surface area contributed by atoms with Crippen molar-refractivity contribution in [3.63, 3.8) is 0 Å². The highest BCUT2D eigenvalue weighted by Crippen LogP contribution is 2.26. The van der Waals surface area contributed by atoms with Gasteiger partial charge in [-0.1, -0.05) is 18.1 Å². The van der Waals surface area contributed by atoms with Gasteiger partial charge in [0.25, 0.3) is 5.56 Å². The molecule has 2 rings (SSSR count). The predicted octanol–water partition coefficient (Wildman–Crippen LogP) is 1.74. The lowest BCUT2D eigenvalue weighted by molar-refractivity contribution is -0.141. The smallest absolute Gasteiger partial charge is 0.433 e. The van der Waals surface area contributed by atoms with Gasteiger partial charge in [-0.05, 0) is 12.1 Å². The van der Waals surface area contributed by atoms with Crippen LogP contribution in [0.3, 0.4) is 0 Å². The Balaban J connectivity index is 2.37. The second-order valence-corrected chi connectivity index (χ2v) is 4.42. The van der Waals surface area contributed by atoms with Gasteiger partial charge < -0.3 is 10.5 Å². The third-order valence-corrected chi connectivity index (χ3v) is 2.75. The van der Waals surface area contributed by atoms with E-state index in [1.54, 1.807) is 24.3 Å². The number of nitrogen functional groups attached to an aromatic ring is 1. The zero-order valence-corrected chi connectivity index (χ0v) is 12.1. The number of hydrogen-bond acceptors (Lipinski definition) is 5. The molecule has 24 heavy (non-hydrogen) atoms. The van der Waals surface area contributed by atoms with Crippen molar-refractivity contribution < 1.29 is 17.9 Å². The molecule has 0 unspecified atom stereocenters. The van der Waals surface area contributed by atoms with Gasteiger partial charge in [0.2, 0.25) is 5.95 Å². The SMILES string of the molecule is C#CCOc1ccccc1/C=N/n1c(N)nc(C(F)(F)F)cc1=O. The zero-order valence-electron chi connectivity index (χ0n) is 12.1. The number of benzene rings is 1. The molecule has 6 nitrogen and oxygen atoms in total. The molecule has 0 saturated carbocycles. The normalized spacial score (nSPS) is 11.4. The standard InChI is InChI=1S/C15H11F3N4O2/c1-2-7-24-11-6-4-3-5-10(11)9-20-22-13(23)8-12(15(16,17)18)21-14(22)19/h1,3-6,8-9H,7H2,(H2,19,21)/b20-9+. The molecule has 2 N–H and O–H groups in total. The van der Waals surface area contributed by atoms with Crippen molar-refractivity contribution in [2.45, 2.75) is 6.18 Å². The highest BCUT2D eigenvalue weighted by molar-refractivity contribution is 5.83. The molecule has 0 bridgehead atoms. The number of hydrogen-bond donors (Lipinski definition) is 1. The summed E-state index contributed by atoms with van der Waals surface area (Å²) >= 11 is 0. The van der Waals surface area contributed by atoms with Crippen LogP contribution in [0.25, 0.3) is 0 Å². The summed E-state index contributed by atoms with van der Waals surface area (Å²) < 4.78 is 43.5. The van der Waals surface area contributed by atoms with E-state index in [-0.39, 0.29) is 6.61 Å². The van der Waals surface area contributed by atoms with Crippen LogP contribution in [0.5, 0.6) is 5.75 Å². The van der Waals surface area contributed by atoms with Crippen molar-refractivity contribution in [3.8, 4) is 18.1 Å². The van der Waals surface area contributed by atoms with Gasteiger partial charge in [0.05, 0.1) is 6.21 Å². The van der Waals surface area contributed by atoms with Gasteiger partial charge in [-0.15, -0.1) is 6.42 Å². The number of ether oxygens (including phenoxy) is 1. The summed E-state index contributed by atoms with van der Waals surface area (Å²) in [6, 6.07) is 6.93. The van der Waals surface area contributed by atoms with Crippen LogP contribution in [-0.2, 0) is 6.18 Å². The number of halogens is 3. The summed E-state index contributed by atoms with van der Waals surface area (Å²) in [5, 5.41) is 3.76. The lowest BCUT2D eigenvalue weighted by atomic mass is 10.2. The van der Waals surface area contributed by atoms with Crippen LogP contribution in [0.15, 0.2) is 40.2 Å². The Kier molecular flexibility index (Phi) is 4.89. The molecule has 9 heteroatoms. The first-order valence-electron chi connectivity index (χ1n) is 6.49. The number of alkyl halides is 3. The van der Waals surface area contributed by atoms with Crippen molar-refractivity contribution in [2.75, 3.05) is 12.3 Å². The molecule has 2 aromatic rings. The molecular formula is C15H11F3N4O2. The molecule has 0 aliphatic rings. The minimum absolute atomic E-state index is 0.0226. The predicted molar refractivity (Wildman–Crippen MR) is 81.7 cm³/mol. The summed E-state index contributed by atoms with van der Waals surface area (Å²) in [5.41, 5.74) is 3.40. The van der Waals surface area contributed by atoms with Gasteiger partial charge in [-0.3, -0.25) is 4.79 Å². The summed E-state index contributed by atoms with van der Waals surface area (Å²) in [6.07, 6.45) is 1.54. The minimum Gasteiger partial charge on any atom is -0.480 e. The summed E-state index contributed by atoms with van der Waals surface area (Å²) in [7, 11) is 0. The number of terminal acetylenes is 1. The molecule has 1 aromatic heterocycles. The quantitative estimate of drug-likeness (QED) is 0.681. The lowest BCUT2D eigenvalue weighted by Gasteiger charge is -2.08. The van der Waals surface area contributed by atoms with Gasteiger partial charge in [-0.2, -0.15) is 22.9 Å². The van der Waals surface area contributed by atoms with E-state index >= 15 is 0 Å². The van der Waals surface area contributed by atoms with E-state index in [1.165, 1.54) is 6.21 Å². The fraction of sp³-hybridized carbons (Fsp3) is 0.133. The number of aromatic nitrogens is 2. The number of nitrogens with zero attached hydrogens (tertiary/aromatic N) is 3. The van der Waals surface area contributed by atoms with E-state index in [9.17, 15) is 18.0 Å². The van der Waals surface area contributed by atoms with E-state index in [2.05, 4.69) is 16.0 Å². The Hall–Kier alpha value is -3.28. The largest absolute Gasteiger partial charge is 0.480 e. The molecule has 0 atom stereocenters. The number of anilines is 1. The van der Waals surface area contributed by atoms with Crippen molar-refractivity contribution in [3.05, 3.63) is 51.9 Å². The van der Waals surface area contributed by atoms with Gasteiger partial charge in [0.1, 0.15) is 12.4 Å². The number of rotatable bonds is 4. The summed E-state index contributed by atoms with van der Waals surface area (Å²) in [4.78, 5) is 14.9. The van der Waals surface area contributed by atoms with Crippen LogP contribution < -0.4 is 16.0 Å². The maximum atomic E-state index is 12.6. The second kappa shape index (κ2) is 6.87. The third-order valence-electron chi connectivity index (χ3n) is 2.75. The van der Waals surface area contributed by atoms with Crippen molar-refractivity contribution >= 4 is 12.2 Å². The molecule has 1 aromatic carbocycles. The van der Waals surface area contributed by atoms with Crippen molar-refractivity contribution in [2.24, 2.45) is 5.10 Å². The molecule has 0 amide bonds. The molecule has 124 valence electrons. The Bertz CT molecular complexity index is 866. The average Bonchev–Trinajstić information content (AvgIpc) is 2.52. The maximum Gasteiger partial charge on any atom is 0.433 e. The summed E-state index contributed by atoms with van der Waals surface area (Å²) in [5.74, 6) is 2.00. The van der Waals surface area contributed by atoms with Crippen LogP contribution in [0.4, 0.5) is 19.1 Å². The molecule has 0 aliphatic carbocycles. The van der Waals surface area contributed by atoms with Crippen LogP contribution in [0.1, 0.15) is 11.3 Å². The molecule has 0 radical (unpaired) electrons. The Labute approximate surface area is 134 Å². The number of para-hydroxylation sites is 1. The molecule has 1 heterocycles. The fourth-order valence-electron chi connectivity index (χ4n) is 1.71. The Morgan fingerprint density at radius 1 is 1.42 bits per heavy atom. The molecule has 0 spiro atoms. The van der Waals surface area contributed by atoms with E-state index < -0.39 is 23.4 Å². The monoisotopic (exact) mass is 336 g/mol. The van der Waals surface area contributed by atoms with Gasteiger partial charge in [-0.25, -0.2) is 4.98 Å². The first-order valence-corrected chi connectivity index (χ1v) is 6.49. The van der Waals surface area contributed by atoms with Crippen molar-refractivity contribution in [1.29, 1.82) is 0 Å². The highest BCUT2D eigenvalue weighted by Gasteiger charge is 2.33. The first-order chi connectivity index (χ1) is 11.3. The Morgan fingerprint density at radius 2 is 2.12 bits per heavy atom. The van der Waals surface area contributed by atoms with Crippen molar-refractivity contribution in [1.82, 2.24) is 9.66 Å². The first kappa shape index (κ1) is 17.1. The molecule has 0 fully saturated rings. The van der Waals surface area contributed by atoms with Gasteiger partial charge in [0.15, 0.2) is 5.69 Å². The van der Waals surface area contributed by atoms with Gasteiger partial charge in [0, 0.05) is 11.6 Å². The van der Waals surface area contributed by atoms with Crippen LogP contribution in [-0.4, -0.2) is 22.5 Å². The molecule has 0 saturated heterocycles. The van der Waals surface area contributed by atoms with E-state index in [4.69, 9.17) is 16.9 Å². The summed E-state index contributed by atoms with van der Waals surface area (Å²) in [6.45, 7) is 0.0226. The van der Waals surface area contributed by atoms with E-state index in [0.29, 0.717) is 22.1 Å². The molecule has 0 aliphatic heterocycles. The van der Waals surface area contributed by atoms with Crippen LogP contribution in [0.2, 0.25) is 0 Å². The third kappa shape index (κ3) is 3.92. The van der Waals surface area contributed by atoms with E-state index in [0.717, 1.165) is 0 Å². The van der Waals surface area contributed by atoms with Crippen LogP contribution >= 0.6 is 0 Å². The lowest BCUT2D eigenvalue weighted by Crippen LogP contribution is -2.24. The molecular weight excluding hydrogens is 325 g/mol. The maximum absolute atomic E-state index is 12.6. The zero-order chi connectivity index (χ0) is 17.7.